The number of hydrogen-bond acceptors (Lipinski definition) is 8. The molecule has 2 aromatic heterocycles. The highest BCUT2D eigenvalue weighted by Crippen LogP contribution is 2.42. The summed E-state index contributed by atoms with van der Waals surface area (Å²) >= 11 is 1.41. The summed E-state index contributed by atoms with van der Waals surface area (Å²) in [6.45, 7) is 0. The lowest BCUT2D eigenvalue weighted by atomic mass is 10.1. The molecule has 146 valence electrons. The van der Waals surface area contributed by atoms with Crippen LogP contribution in [0.5, 0.6) is 5.75 Å². The SMILES string of the molecule is NC(=O)c1ccc(Nc2cc(OC3(c4ccccc4)C=NC(N)S3)ccn2)cn1. The molecule has 1 aliphatic heterocycles. The molecular weight excluding hydrogens is 388 g/mol. The maximum atomic E-state index is 11.1. The zero-order valence-electron chi connectivity index (χ0n) is 15.2. The number of nitrogens with one attached hydrogen (secondary N) is 1. The van der Waals surface area contributed by atoms with Gasteiger partial charge in [0.15, 0.2) is 0 Å². The summed E-state index contributed by atoms with van der Waals surface area (Å²) in [7, 11) is 0. The van der Waals surface area contributed by atoms with Gasteiger partial charge in [-0.2, -0.15) is 0 Å². The molecule has 29 heavy (non-hydrogen) atoms. The fraction of sp³-hybridized carbons (Fsp3) is 0.100. The van der Waals surface area contributed by atoms with E-state index < -0.39 is 16.3 Å². The van der Waals surface area contributed by atoms with Crippen molar-refractivity contribution < 1.29 is 9.53 Å². The summed E-state index contributed by atoms with van der Waals surface area (Å²) in [5, 5.41) is 3.13. The number of carbonyl (C=O) groups is 1. The van der Waals surface area contributed by atoms with Gasteiger partial charge in [0.05, 0.1) is 18.1 Å². The third kappa shape index (κ3) is 4.20. The van der Waals surface area contributed by atoms with E-state index >= 15 is 0 Å². The Balaban J connectivity index is 1.56. The number of primary amides is 1. The predicted octanol–water partition coefficient (Wildman–Crippen LogP) is 2.61. The van der Waals surface area contributed by atoms with Gasteiger partial charge < -0.3 is 21.5 Å². The maximum Gasteiger partial charge on any atom is 0.267 e. The third-order valence-corrected chi connectivity index (χ3v) is 5.29. The largest absolute Gasteiger partial charge is 0.467 e. The van der Waals surface area contributed by atoms with E-state index in [0.29, 0.717) is 17.3 Å². The van der Waals surface area contributed by atoms with Gasteiger partial charge in [-0.05, 0) is 18.2 Å². The van der Waals surface area contributed by atoms with Crippen molar-refractivity contribution in [3.05, 3.63) is 78.2 Å². The average Bonchev–Trinajstić information content (AvgIpc) is 3.11. The molecule has 0 fully saturated rings. The quantitative estimate of drug-likeness (QED) is 0.574. The lowest BCUT2D eigenvalue weighted by Crippen LogP contribution is -2.30. The van der Waals surface area contributed by atoms with Crippen LogP contribution in [0.4, 0.5) is 11.5 Å². The van der Waals surface area contributed by atoms with Gasteiger partial charge in [0.1, 0.15) is 22.8 Å². The van der Waals surface area contributed by atoms with Crippen LogP contribution in [0.25, 0.3) is 0 Å². The first-order valence-electron chi connectivity index (χ1n) is 8.75. The maximum absolute atomic E-state index is 11.1. The number of anilines is 2. The number of ether oxygens (including phenoxy) is 1. The Morgan fingerprint density at radius 1 is 1.14 bits per heavy atom. The number of aliphatic imine (C=N–C) groups is 1. The number of carbonyl (C=O) groups excluding carboxylic acids is 1. The minimum Gasteiger partial charge on any atom is -0.467 e. The van der Waals surface area contributed by atoms with E-state index in [9.17, 15) is 4.79 Å². The lowest BCUT2D eigenvalue weighted by molar-refractivity contribution is 0.0995. The van der Waals surface area contributed by atoms with Crippen LogP contribution in [-0.4, -0.2) is 27.6 Å². The van der Waals surface area contributed by atoms with Crippen molar-refractivity contribution in [2.24, 2.45) is 16.5 Å². The van der Waals surface area contributed by atoms with Crippen LogP contribution in [0.15, 0.2) is 72.0 Å². The molecule has 1 aliphatic rings. The molecule has 3 aromatic rings. The molecule has 0 radical (unpaired) electrons. The first-order valence-corrected chi connectivity index (χ1v) is 9.63. The highest BCUT2D eigenvalue weighted by Gasteiger charge is 2.40. The van der Waals surface area contributed by atoms with E-state index in [2.05, 4.69) is 20.3 Å². The number of benzene rings is 1. The molecule has 1 aromatic carbocycles. The Morgan fingerprint density at radius 3 is 2.62 bits per heavy atom. The summed E-state index contributed by atoms with van der Waals surface area (Å²) < 4.78 is 6.33. The molecular formula is C20H18N6O2S. The molecule has 9 heteroatoms. The van der Waals surface area contributed by atoms with Crippen molar-refractivity contribution in [1.82, 2.24) is 9.97 Å². The van der Waals surface area contributed by atoms with Gasteiger partial charge in [0.2, 0.25) is 4.93 Å². The van der Waals surface area contributed by atoms with Crippen LogP contribution < -0.4 is 21.5 Å². The molecule has 0 aliphatic carbocycles. The third-order valence-electron chi connectivity index (χ3n) is 4.15. The van der Waals surface area contributed by atoms with Crippen molar-refractivity contribution in [2.45, 2.75) is 10.4 Å². The average molecular weight is 406 g/mol. The van der Waals surface area contributed by atoms with Crippen LogP contribution in [0.2, 0.25) is 0 Å². The summed E-state index contributed by atoms with van der Waals surface area (Å²) in [4.78, 5) is 22.9. The Kier molecular flexibility index (Phi) is 5.15. The van der Waals surface area contributed by atoms with Crippen LogP contribution in [0.1, 0.15) is 16.1 Å². The van der Waals surface area contributed by atoms with E-state index in [0.717, 1.165) is 5.56 Å². The number of pyridine rings is 2. The van der Waals surface area contributed by atoms with E-state index in [1.165, 1.54) is 18.0 Å². The highest BCUT2D eigenvalue weighted by atomic mass is 32.2. The van der Waals surface area contributed by atoms with Crippen LogP contribution in [0, 0.1) is 0 Å². The first kappa shape index (κ1) is 18.9. The minimum absolute atomic E-state index is 0.194. The summed E-state index contributed by atoms with van der Waals surface area (Å²) in [6.07, 6.45) is 4.88. The standard InChI is InChI=1S/C20H18N6O2S/c21-18(27)16-7-6-14(11-24-16)26-17-10-15(8-9-23-17)28-20(12-25-19(22)29-20)13-4-2-1-3-5-13/h1-12,19H,22H2,(H2,21,27)(H,23,26). The topological polar surface area (TPSA) is 129 Å². The number of hydrogen-bond donors (Lipinski definition) is 3. The van der Waals surface area contributed by atoms with Gasteiger partial charge in [0.25, 0.3) is 5.91 Å². The smallest absolute Gasteiger partial charge is 0.267 e. The Morgan fingerprint density at radius 2 is 1.97 bits per heavy atom. The van der Waals surface area contributed by atoms with Crippen molar-refractivity contribution in [3.8, 4) is 5.75 Å². The first-order chi connectivity index (χ1) is 14.0. The second-order valence-corrected chi connectivity index (χ2v) is 7.55. The molecule has 8 nitrogen and oxygen atoms in total. The Labute approximate surface area is 171 Å². The summed E-state index contributed by atoms with van der Waals surface area (Å²) in [5.41, 5.74) is 12.6. The van der Waals surface area contributed by atoms with E-state index in [4.69, 9.17) is 16.2 Å². The molecule has 1 amide bonds. The van der Waals surface area contributed by atoms with E-state index in [-0.39, 0.29) is 5.69 Å². The molecule has 0 spiro atoms. The van der Waals surface area contributed by atoms with Gasteiger partial charge in [-0.25, -0.2) is 9.97 Å². The van der Waals surface area contributed by atoms with Crippen LogP contribution in [0.3, 0.4) is 0 Å². The number of amides is 1. The number of nitrogens with zero attached hydrogens (tertiary/aromatic N) is 3. The monoisotopic (exact) mass is 406 g/mol. The Bertz CT molecular complexity index is 1040. The van der Waals surface area contributed by atoms with Crippen molar-refractivity contribution >= 4 is 35.4 Å². The second kappa shape index (κ2) is 7.90. The molecule has 2 unspecified atom stereocenters. The number of nitrogens with two attached hydrogens (primary N) is 2. The summed E-state index contributed by atoms with van der Waals surface area (Å²) in [5.74, 6) is 0.579. The highest BCUT2D eigenvalue weighted by molar-refractivity contribution is 8.01. The zero-order chi connectivity index (χ0) is 20.3. The van der Waals surface area contributed by atoms with E-state index in [1.54, 1.807) is 36.7 Å². The second-order valence-electron chi connectivity index (χ2n) is 6.22. The number of thioether (sulfide) groups is 1. The van der Waals surface area contributed by atoms with Crippen LogP contribution in [-0.2, 0) is 4.93 Å². The fourth-order valence-electron chi connectivity index (χ4n) is 2.81. The predicted molar refractivity (Wildman–Crippen MR) is 113 cm³/mol. The van der Waals surface area contributed by atoms with Gasteiger partial charge in [-0.1, -0.05) is 42.1 Å². The van der Waals surface area contributed by atoms with Crippen molar-refractivity contribution in [1.29, 1.82) is 0 Å². The molecule has 0 saturated heterocycles. The summed E-state index contributed by atoms with van der Waals surface area (Å²) in [6, 6.07) is 16.6. The molecule has 3 heterocycles. The van der Waals surface area contributed by atoms with Gasteiger partial charge in [-0.15, -0.1) is 0 Å². The van der Waals surface area contributed by atoms with E-state index in [1.807, 2.05) is 30.3 Å². The van der Waals surface area contributed by atoms with Gasteiger partial charge >= 0.3 is 0 Å². The van der Waals surface area contributed by atoms with Crippen molar-refractivity contribution in [3.63, 3.8) is 0 Å². The number of rotatable bonds is 6. The zero-order valence-corrected chi connectivity index (χ0v) is 16.0. The number of aromatic nitrogens is 2. The molecule has 5 N–H and O–H groups in total. The van der Waals surface area contributed by atoms with Gasteiger partial charge in [0, 0.05) is 17.8 Å². The fourth-order valence-corrected chi connectivity index (χ4v) is 3.83. The van der Waals surface area contributed by atoms with Crippen LogP contribution >= 0.6 is 11.8 Å². The normalized spacial score (nSPS) is 20.4. The van der Waals surface area contributed by atoms with Crippen molar-refractivity contribution in [2.75, 3.05) is 5.32 Å². The molecule has 0 bridgehead atoms. The van der Waals surface area contributed by atoms with Gasteiger partial charge in [-0.3, -0.25) is 9.79 Å². The molecule has 4 rings (SSSR count). The molecule has 0 saturated carbocycles. The molecule has 2 atom stereocenters. The lowest BCUT2D eigenvalue weighted by Gasteiger charge is -2.27. The Hall–Kier alpha value is -3.43. The minimum atomic E-state index is -0.815.